The van der Waals surface area contributed by atoms with Gasteiger partial charge in [-0.05, 0) is 12.8 Å². The molecule has 2 saturated heterocycles. The van der Waals surface area contributed by atoms with Crippen LogP contribution >= 0.6 is 0 Å². The number of aliphatic hydroxyl groups is 6. The Balaban J connectivity index is 2.04. The molecule has 2 rings (SSSR count). The highest BCUT2D eigenvalue weighted by molar-refractivity contribution is 4.92. The Labute approximate surface area is 157 Å². The fourth-order valence-electron chi connectivity index (χ4n) is 2.93. The molecule has 0 aromatic rings. The number of hydrogen-bond donors (Lipinski definition) is 6. The second-order valence-electron chi connectivity index (χ2n) is 6.60. The first kappa shape index (κ1) is 22.6. The second-order valence-corrected chi connectivity index (χ2v) is 6.60. The monoisotopic (exact) mass is 394 g/mol. The average molecular weight is 394 g/mol. The lowest BCUT2D eigenvalue weighted by Gasteiger charge is -2.44. The molecule has 2 fully saturated rings. The van der Waals surface area contributed by atoms with Crippen molar-refractivity contribution in [3.63, 3.8) is 0 Å². The van der Waals surface area contributed by atoms with Gasteiger partial charge in [0.2, 0.25) is 0 Å². The highest BCUT2D eigenvalue weighted by atomic mass is 16.7. The van der Waals surface area contributed by atoms with E-state index < -0.39 is 61.9 Å². The minimum atomic E-state index is -1.57. The topological polar surface area (TPSA) is 158 Å². The largest absolute Gasteiger partial charge is 0.394 e. The summed E-state index contributed by atoms with van der Waals surface area (Å²) >= 11 is 0. The summed E-state index contributed by atoms with van der Waals surface area (Å²) in [5.74, 6) is 0. The maximum absolute atomic E-state index is 10.4. The van der Waals surface area contributed by atoms with Crippen molar-refractivity contribution in [2.24, 2.45) is 0 Å². The smallest absolute Gasteiger partial charge is 0.187 e. The zero-order valence-corrected chi connectivity index (χ0v) is 15.2. The summed E-state index contributed by atoms with van der Waals surface area (Å²) in [5, 5.41) is 59.1. The molecule has 0 aromatic heterocycles. The third-order valence-electron chi connectivity index (χ3n) is 4.54. The summed E-state index contributed by atoms with van der Waals surface area (Å²) in [7, 11) is 0. The van der Waals surface area contributed by atoms with Gasteiger partial charge in [0, 0.05) is 0 Å². The van der Waals surface area contributed by atoms with Crippen LogP contribution in [0.4, 0.5) is 0 Å². The Morgan fingerprint density at radius 1 is 0.963 bits per heavy atom. The second kappa shape index (κ2) is 10.8. The zero-order valence-electron chi connectivity index (χ0n) is 15.2. The molecule has 0 radical (unpaired) electrons. The summed E-state index contributed by atoms with van der Waals surface area (Å²) in [6, 6.07) is 0. The number of ether oxygens (including phenoxy) is 4. The number of rotatable bonds is 8. The quantitative estimate of drug-likeness (QED) is 0.194. The Morgan fingerprint density at radius 3 is 2.37 bits per heavy atom. The van der Waals surface area contributed by atoms with Gasteiger partial charge >= 0.3 is 0 Å². The third kappa shape index (κ3) is 5.67. The van der Waals surface area contributed by atoms with Gasteiger partial charge in [-0.25, -0.2) is 0 Å². The van der Waals surface area contributed by atoms with Gasteiger partial charge in [0.1, 0.15) is 42.7 Å². The SMILES string of the molecule is CC/C=C\CCO[C@@H]1O[C@H](CO)[C@@H](O)[C@H](O)[C@H]1O[C@@H]1OC[C@H](O)[C@H](O)[C@H]1O. The van der Waals surface area contributed by atoms with Crippen molar-refractivity contribution in [1.29, 1.82) is 0 Å². The summed E-state index contributed by atoms with van der Waals surface area (Å²) in [6.07, 6.45) is -6.75. The molecule has 0 unspecified atom stereocenters. The van der Waals surface area contributed by atoms with Crippen molar-refractivity contribution in [1.82, 2.24) is 0 Å². The van der Waals surface area contributed by atoms with Crippen LogP contribution in [0, 0.1) is 0 Å². The zero-order chi connectivity index (χ0) is 20.0. The molecule has 10 heteroatoms. The summed E-state index contributed by atoms with van der Waals surface area (Å²) < 4.78 is 21.8. The standard InChI is InChI=1S/C17H30O10/c1-2-3-4-5-6-24-17-15(13(22)12(21)10(7-18)26-17)27-16-14(23)11(20)9(19)8-25-16/h3-4,9-23H,2,5-8H2,1H3/b4-3-/t9-,10+,11-,12+,13-,14+,15+,16-,17+/m0/s1. The molecule has 0 spiro atoms. The summed E-state index contributed by atoms with van der Waals surface area (Å²) in [4.78, 5) is 0. The molecule has 0 saturated carbocycles. The molecular formula is C17H30O10. The van der Waals surface area contributed by atoms with E-state index in [2.05, 4.69) is 0 Å². The molecule has 0 amide bonds. The maximum Gasteiger partial charge on any atom is 0.187 e. The molecule has 10 nitrogen and oxygen atoms in total. The lowest BCUT2D eigenvalue weighted by molar-refractivity contribution is -0.356. The Morgan fingerprint density at radius 2 is 1.70 bits per heavy atom. The molecule has 9 atom stereocenters. The average Bonchev–Trinajstić information content (AvgIpc) is 2.66. The molecule has 2 aliphatic rings. The molecule has 158 valence electrons. The van der Waals surface area contributed by atoms with Crippen molar-refractivity contribution >= 4 is 0 Å². The van der Waals surface area contributed by atoms with E-state index in [4.69, 9.17) is 18.9 Å². The van der Waals surface area contributed by atoms with Crippen molar-refractivity contribution in [2.75, 3.05) is 19.8 Å². The van der Waals surface area contributed by atoms with Crippen LogP contribution in [-0.4, -0.2) is 106 Å². The van der Waals surface area contributed by atoms with Gasteiger partial charge in [-0.2, -0.15) is 0 Å². The fraction of sp³-hybridized carbons (Fsp3) is 0.882. The van der Waals surface area contributed by atoms with Crippen molar-refractivity contribution in [3.8, 4) is 0 Å². The maximum atomic E-state index is 10.4. The normalized spacial score (nSPS) is 43.3. The highest BCUT2D eigenvalue weighted by Gasteiger charge is 2.49. The van der Waals surface area contributed by atoms with Gasteiger partial charge in [-0.1, -0.05) is 19.1 Å². The van der Waals surface area contributed by atoms with E-state index in [0.29, 0.717) is 6.42 Å². The van der Waals surface area contributed by atoms with Crippen LogP contribution in [-0.2, 0) is 18.9 Å². The number of aliphatic hydroxyl groups excluding tert-OH is 6. The van der Waals surface area contributed by atoms with Crippen LogP contribution in [0.25, 0.3) is 0 Å². The Kier molecular flexibility index (Phi) is 9.02. The van der Waals surface area contributed by atoms with Gasteiger partial charge in [0.15, 0.2) is 12.6 Å². The van der Waals surface area contributed by atoms with Crippen LogP contribution in [0.5, 0.6) is 0 Å². The Hall–Kier alpha value is -0.660. The summed E-state index contributed by atoms with van der Waals surface area (Å²) in [5.41, 5.74) is 0. The molecule has 0 aliphatic carbocycles. The predicted octanol–water partition coefficient (Wildman–Crippen LogP) is -2.38. The minimum absolute atomic E-state index is 0.234. The fourth-order valence-corrected chi connectivity index (χ4v) is 2.93. The van der Waals surface area contributed by atoms with Crippen LogP contribution < -0.4 is 0 Å². The van der Waals surface area contributed by atoms with E-state index in [1.165, 1.54) is 0 Å². The van der Waals surface area contributed by atoms with Crippen molar-refractivity contribution in [2.45, 2.75) is 75.1 Å². The van der Waals surface area contributed by atoms with Gasteiger partial charge in [-0.3, -0.25) is 0 Å². The highest BCUT2D eigenvalue weighted by Crippen LogP contribution is 2.28. The van der Waals surface area contributed by atoms with Crippen LogP contribution in [0.15, 0.2) is 12.2 Å². The van der Waals surface area contributed by atoms with Crippen LogP contribution in [0.3, 0.4) is 0 Å². The van der Waals surface area contributed by atoms with Crippen LogP contribution in [0.1, 0.15) is 19.8 Å². The lowest BCUT2D eigenvalue weighted by atomic mass is 9.98. The van der Waals surface area contributed by atoms with E-state index >= 15 is 0 Å². The molecule has 2 heterocycles. The Bertz CT molecular complexity index is 461. The minimum Gasteiger partial charge on any atom is -0.394 e. The van der Waals surface area contributed by atoms with E-state index in [9.17, 15) is 30.6 Å². The summed E-state index contributed by atoms with van der Waals surface area (Å²) in [6.45, 7) is 1.42. The van der Waals surface area contributed by atoms with Crippen molar-refractivity contribution in [3.05, 3.63) is 12.2 Å². The predicted molar refractivity (Wildman–Crippen MR) is 90.4 cm³/mol. The van der Waals surface area contributed by atoms with Crippen LogP contribution in [0.2, 0.25) is 0 Å². The lowest BCUT2D eigenvalue weighted by Crippen LogP contribution is -2.63. The molecular weight excluding hydrogens is 364 g/mol. The number of hydrogen-bond acceptors (Lipinski definition) is 10. The van der Waals surface area contributed by atoms with Gasteiger partial charge < -0.3 is 49.6 Å². The first-order chi connectivity index (χ1) is 12.9. The first-order valence-electron chi connectivity index (χ1n) is 9.11. The van der Waals surface area contributed by atoms with Gasteiger partial charge in [0.05, 0.1) is 19.8 Å². The third-order valence-corrected chi connectivity index (χ3v) is 4.54. The molecule has 6 N–H and O–H groups in total. The first-order valence-corrected chi connectivity index (χ1v) is 9.11. The van der Waals surface area contributed by atoms with E-state index in [-0.39, 0.29) is 13.2 Å². The van der Waals surface area contributed by atoms with E-state index in [0.717, 1.165) is 6.42 Å². The van der Waals surface area contributed by atoms with E-state index in [1.54, 1.807) is 0 Å². The molecule has 2 aliphatic heterocycles. The van der Waals surface area contributed by atoms with Gasteiger partial charge in [0.25, 0.3) is 0 Å². The molecule has 27 heavy (non-hydrogen) atoms. The molecule has 0 aromatic carbocycles. The van der Waals surface area contributed by atoms with Gasteiger partial charge in [-0.15, -0.1) is 0 Å². The molecule has 0 bridgehead atoms. The number of allylic oxidation sites excluding steroid dienone is 1. The van der Waals surface area contributed by atoms with E-state index in [1.807, 2.05) is 19.1 Å². The van der Waals surface area contributed by atoms with Crippen molar-refractivity contribution < 1.29 is 49.6 Å².